The number of carbonyl (C=O) groups is 2. The number of aromatic amines is 2. The van der Waals surface area contributed by atoms with Gasteiger partial charge in [-0.25, -0.2) is 14.8 Å². The second-order valence-electron chi connectivity index (χ2n) is 7.42. The van der Waals surface area contributed by atoms with Gasteiger partial charge in [-0.15, -0.1) is 0 Å². The first-order valence-electron chi connectivity index (χ1n) is 10.2. The Bertz CT molecular complexity index is 1290. The third-order valence-corrected chi connectivity index (χ3v) is 5.39. The fraction of sp³-hybridized carbons (Fsp3) is 0.286. The lowest BCUT2D eigenvalue weighted by Crippen LogP contribution is -2.14. The first-order valence-corrected chi connectivity index (χ1v) is 10.2. The summed E-state index contributed by atoms with van der Waals surface area (Å²) in [7, 11) is 0. The molecule has 0 atom stereocenters. The highest BCUT2D eigenvalue weighted by Gasteiger charge is 2.38. The molecule has 0 radical (unpaired) electrons. The van der Waals surface area contributed by atoms with Gasteiger partial charge < -0.3 is 9.26 Å². The number of hydrogen-bond acceptors (Lipinski definition) is 9. The van der Waals surface area contributed by atoms with Crippen LogP contribution in [0.5, 0.6) is 0 Å². The number of hydrogen-bond donors (Lipinski definition) is 2. The molecular formula is C21H19N7O4. The van der Waals surface area contributed by atoms with Crippen LogP contribution < -0.4 is 0 Å². The van der Waals surface area contributed by atoms with Gasteiger partial charge in [0.25, 0.3) is 0 Å². The van der Waals surface area contributed by atoms with Crippen LogP contribution in [0.3, 0.4) is 0 Å². The van der Waals surface area contributed by atoms with Gasteiger partial charge in [0.15, 0.2) is 23.2 Å². The average Bonchev–Trinajstić information content (AvgIpc) is 3.21. The number of nitrogens with zero attached hydrogens (tertiary/aromatic N) is 5. The summed E-state index contributed by atoms with van der Waals surface area (Å²) in [6.07, 6.45) is 4.55. The molecule has 0 bridgehead atoms. The van der Waals surface area contributed by atoms with Gasteiger partial charge in [-0.3, -0.25) is 15.0 Å². The van der Waals surface area contributed by atoms with Crippen molar-refractivity contribution in [3.8, 4) is 22.8 Å². The molecule has 1 saturated carbocycles. The van der Waals surface area contributed by atoms with Crippen molar-refractivity contribution in [3.05, 3.63) is 52.9 Å². The normalized spacial score (nSPS) is 13.3. The average molecular weight is 433 g/mol. The maximum absolute atomic E-state index is 13.7. The zero-order chi connectivity index (χ0) is 22.2. The Hall–Kier alpha value is -4.15. The van der Waals surface area contributed by atoms with Gasteiger partial charge in [-0.2, -0.15) is 10.2 Å². The fourth-order valence-electron chi connectivity index (χ4n) is 3.74. The van der Waals surface area contributed by atoms with Gasteiger partial charge in [0.1, 0.15) is 18.2 Å². The Kier molecular flexibility index (Phi) is 4.85. The highest BCUT2D eigenvalue weighted by molar-refractivity contribution is 6.16. The number of ether oxygens (including phenoxy) is 1. The predicted molar refractivity (Wildman–Crippen MR) is 110 cm³/mol. The van der Waals surface area contributed by atoms with E-state index in [1.807, 2.05) is 0 Å². The molecule has 0 amide bonds. The van der Waals surface area contributed by atoms with E-state index in [2.05, 4.69) is 35.5 Å². The summed E-state index contributed by atoms with van der Waals surface area (Å²) in [5.41, 5.74) is 2.43. The molecule has 0 saturated heterocycles. The van der Waals surface area contributed by atoms with Crippen LogP contribution in [0.1, 0.15) is 63.4 Å². The molecule has 3 heterocycles. The Balaban J connectivity index is 1.67. The van der Waals surface area contributed by atoms with Crippen molar-refractivity contribution in [1.29, 1.82) is 0 Å². The first-order chi connectivity index (χ1) is 15.6. The van der Waals surface area contributed by atoms with Crippen LogP contribution in [-0.2, 0) is 4.74 Å². The lowest BCUT2D eigenvalue weighted by atomic mass is 9.90. The maximum atomic E-state index is 13.7. The predicted octanol–water partition coefficient (Wildman–Crippen LogP) is 2.84. The smallest absolute Gasteiger partial charge is 0.361 e. The minimum absolute atomic E-state index is 0.0761. The molecule has 3 aromatic heterocycles. The zero-order valence-corrected chi connectivity index (χ0v) is 17.4. The highest BCUT2D eigenvalue weighted by Crippen LogP contribution is 2.43. The standard InChI is InChI=1S/C21H19N7O4/c1-3-31-21(30)16-15(18(32-28-16)11-4-5-11)17(29)12-6-7-13(19-22-8-24-26-19)14(10(12)2)20-23-9-25-27-20/h6-9,11H,3-5H2,1-2H3,(H,22,24,26)(H,23,25,27). The number of ketones is 1. The Labute approximate surface area is 181 Å². The quantitative estimate of drug-likeness (QED) is 0.331. The molecule has 32 heavy (non-hydrogen) atoms. The fourth-order valence-corrected chi connectivity index (χ4v) is 3.74. The number of nitrogens with one attached hydrogen (secondary N) is 2. The summed E-state index contributed by atoms with van der Waals surface area (Å²) in [5.74, 6) is 0.456. The molecule has 0 unspecified atom stereocenters. The summed E-state index contributed by atoms with van der Waals surface area (Å²) in [4.78, 5) is 34.7. The van der Waals surface area contributed by atoms with E-state index < -0.39 is 5.97 Å². The van der Waals surface area contributed by atoms with E-state index in [-0.39, 0.29) is 29.6 Å². The van der Waals surface area contributed by atoms with Crippen LogP contribution in [0, 0.1) is 6.92 Å². The van der Waals surface area contributed by atoms with Gasteiger partial charge >= 0.3 is 5.97 Å². The lowest BCUT2D eigenvalue weighted by molar-refractivity contribution is 0.0512. The van der Waals surface area contributed by atoms with E-state index in [1.165, 1.54) is 12.7 Å². The van der Waals surface area contributed by atoms with E-state index in [0.29, 0.717) is 39.7 Å². The van der Waals surface area contributed by atoms with Gasteiger partial charge in [0, 0.05) is 22.6 Å². The van der Waals surface area contributed by atoms with Crippen molar-refractivity contribution in [2.45, 2.75) is 32.6 Å². The van der Waals surface area contributed by atoms with Crippen molar-refractivity contribution in [2.24, 2.45) is 0 Å². The van der Waals surface area contributed by atoms with Crippen molar-refractivity contribution >= 4 is 11.8 Å². The Morgan fingerprint density at radius 1 is 1.12 bits per heavy atom. The van der Waals surface area contributed by atoms with E-state index >= 15 is 0 Å². The highest BCUT2D eigenvalue weighted by atomic mass is 16.5. The third kappa shape index (κ3) is 3.27. The van der Waals surface area contributed by atoms with Crippen LogP contribution in [0.25, 0.3) is 22.8 Å². The van der Waals surface area contributed by atoms with Crippen LogP contribution >= 0.6 is 0 Å². The molecule has 4 aromatic rings. The van der Waals surface area contributed by atoms with Crippen LogP contribution in [0.4, 0.5) is 0 Å². The van der Waals surface area contributed by atoms with Gasteiger partial charge in [0.2, 0.25) is 5.69 Å². The SMILES string of the molecule is CCOC(=O)c1noc(C2CC2)c1C(=O)c1ccc(-c2ncn[nH]2)c(-c2ncn[nH]2)c1C. The lowest BCUT2D eigenvalue weighted by Gasteiger charge is -2.13. The summed E-state index contributed by atoms with van der Waals surface area (Å²) >= 11 is 0. The number of H-pyrrole nitrogens is 2. The molecule has 11 nitrogen and oxygen atoms in total. The van der Waals surface area contributed by atoms with Crippen LogP contribution in [0.15, 0.2) is 29.3 Å². The molecule has 162 valence electrons. The molecule has 5 rings (SSSR count). The second-order valence-corrected chi connectivity index (χ2v) is 7.42. The van der Waals surface area contributed by atoms with Crippen LogP contribution in [0.2, 0.25) is 0 Å². The summed E-state index contributed by atoms with van der Waals surface area (Å²) in [6.45, 7) is 3.66. The maximum Gasteiger partial charge on any atom is 0.361 e. The monoisotopic (exact) mass is 433 g/mol. The van der Waals surface area contributed by atoms with Gasteiger partial charge in [0.05, 0.1) is 6.61 Å². The van der Waals surface area contributed by atoms with E-state index in [9.17, 15) is 9.59 Å². The van der Waals surface area contributed by atoms with Gasteiger partial charge in [-0.1, -0.05) is 5.16 Å². The van der Waals surface area contributed by atoms with Crippen molar-refractivity contribution < 1.29 is 18.8 Å². The van der Waals surface area contributed by atoms with Crippen molar-refractivity contribution in [2.75, 3.05) is 6.61 Å². The molecule has 1 aromatic carbocycles. The largest absolute Gasteiger partial charge is 0.461 e. The molecule has 11 heteroatoms. The molecule has 1 aliphatic carbocycles. The minimum atomic E-state index is -0.683. The van der Waals surface area contributed by atoms with E-state index in [1.54, 1.807) is 26.0 Å². The molecule has 0 aliphatic heterocycles. The molecule has 2 N–H and O–H groups in total. The third-order valence-electron chi connectivity index (χ3n) is 5.39. The van der Waals surface area contributed by atoms with Gasteiger partial charge in [-0.05, 0) is 44.4 Å². The summed E-state index contributed by atoms with van der Waals surface area (Å²) in [6, 6.07) is 3.45. The number of rotatable bonds is 7. The van der Waals surface area contributed by atoms with Crippen molar-refractivity contribution in [3.63, 3.8) is 0 Å². The summed E-state index contributed by atoms with van der Waals surface area (Å²) in [5, 5.41) is 17.4. The van der Waals surface area contributed by atoms with E-state index in [4.69, 9.17) is 9.26 Å². The second kappa shape index (κ2) is 7.84. The minimum Gasteiger partial charge on any atom is -0.461 e. The number of aromatic nitrogens is 7. The van der Waals surface area contributed by atoms with Crippen molar-refractivity contribution in [1.82, 2.24) is 35.5 Å². The molecule has 1 fully saturated rings. The molecule has 0 spiro atoms. The zero-order valence-electron chi connectivity index (χ0n) is 17.4. The Morgan fingerprint density at radius 2 is 1.84 bits per heavy atom. The number of carbonyl (C=O) groups excluding carboxylic acids is 2. The van der Waals surface area contributed by atoms with Crippen LogP contribution in [-0.4, -0.2) is 53.9 Å². The van der Waals surface area contributed by atoms with E-state index in [0.717, 1.165) is 12.8 Å². The number of esters is 1. The Morgan fingerprint density at radius 3 is 2.47 bits per heavy atom. The first kappa shape index (κ1) is 19.8. The molecular weight excluding hydrogens is 414 g/mol. The molecule has 1 aliphatic rings. The summed E-state index contributed by atoms with van der Waals surface area (Å²) < 4.78 is 10.5. The topological polar surface area (TPSA) is 153 Å². The number of benzene rings is 1.